The van der Waals surface area contributed by atoms with E-state index >= 15 is 0 Å². The zero-order valence-corrected chi connectivity index (χ0v) is 4.62. The van der Waals surface area contributed by atoms with Gasteiger partial charge in [-0.05, 0) is 6.07 Å². The SMILES string of the molecule is O=c1ncccn1CF. The van der Waals surface area contributed by atoms with Crippen molar-refractivity contribution >= 4 is 0 Å². The van der Waals surface area contributed by atoms with Crippen LogP contribution in [-0.2, 0) is 6.80 Å². The standard InChI is InChI=1S/C5H5FN2O/c6-4-8-3-1-2-7-5(8)9/h1-3H,4H2. The zero-order chi connectivity index (χ0) is 6.69. The van der Waals surface area contributed by atoms with Gasteiger partial charge >= 0.3 is 5.69 Å². The molecule has 0 spiro atoms. The third-order valence-corrected chi connectivity index (χ3v) is 0.912. The van der Waals surface area contributed by atoms with Gasteiger partial charge in [-0.3, -0.25) is 4.57 Å². The van der Waals surface area contributed by atoms with Gasteiger partial charge in [-0.2, -0.15) is 0 Å². The van der Waals surface area contributed by atoms with Crippen LogP contribution >= 0.6 is 0 Å². The summed E-state index contributed by atoms with van der Waals surface area (Å²) in [7, 11) is 0. The summed E-state index contributed by atoms with van der Waals surface area (Å²) in [6.07, 6.45) is 2.67. The number of alkyl halides is 1. The van der Waals surface area contributed by atoms with Crippen LogP contribution in [0.3, 0.4) is 0 Å². The minimum atomic E-state index is -0.813. The average Bonchev–Trinajstić information content (AvgIpc) is 1.89. The lowest BCUT2D eigenvalue weighted by Crippen LogP contribution is -2.19. The Hall–Kier alpha value is -1.19. The van der Waals surface area contributed by atoms with Crippen molar-refractivity contribution < 1.29 is 4.39 Å². The number of rotatable bonds is 1. The lowest BCUT2D eigenvalue weighted by molar-refractivity contribution is 0.364. The number of hydrogen-bond acceptors (Lipinski definition) is 2. The maximum Gasteiger partial charge on any atom is 0.349 e. The average molecular weight is 128 g/mol. The minimum Gasteiger partial charge on any atom is -0.270 e. The summed E-state index contributed by atoms with van der Waals surface area (Å²) in [4.78, 5) is 13.8. The van der Waals surface area contributed by atoms with Crippen LogP contribution in [0.15, 0.2) is 23.3 Å². The Bertz CT molecular complexity index is 245. The quantitative estimate of drug-likeness (QED) is 0.540. The van der Waals surface area contributed by atoms with Crippen LogP contribution < -0.4 is 5.69 Å². The first-order chi connectivity index (χ1) is 4.34. The summed E-state index contributed by atoms with van der Waals surface area (Å²) in [6, 6.07) is 1.50. The van der Waals surface area contributed by atoms with Gasteiger partial charge in [0, 0.05) is 12.4 Å². The van der Waals surface area contributed by atoms with Gasteiger partial charge in [-0.25, -0.2) is 14.2 Å². The second-order valence-electron chi connectivity index (χ2n) is 1.49. The Morgan fingerprint density at radius 3 is 3.00 bits per heavy atom. The third-order valence-electron chi connectivity index (χ3n) is 0.912. The first-order valence-corrected chi connectivity index (χ1v) is 2.42. The fourth-order valence-electron chi connectivity index (χ4n) is 0.478. The van der Waals surface area contributed by atoms with Crippen LogP contribution in [0.1, 0.15) is 0 Å². The molecule has 0 aliphatic carbocycles. The molecule has 0 aliphatic heterocycles. The minimum absolute atomic E-state index is 0.556. The summed E-state index contributed by atoms with van der Waals surface area (Å²) >= 11 is 0. The van der Waals surface area contributed by atoms with Gasteiger partial charge in [-0.1, -0.05) is 0 Å². The number of nitrogens with zero attached hydrogens (tertiary/aromatic N) is 2. The predicted octanol–water partition coefficient (Wildman–Crippen LogP) is 0.170. The number of hydrogen-bond donors (Lipinski definition) is 0. The Labute approximate surface area is 50.8 Å². The van der Waals surface area contributed by atoms with Crippen LogP contribution in [-0.4, -0.2) is 9.55 Å². The molecule has 1 aromatic heterocycles. The first kappa shape index (κ1) is 5.94. The normalized spacial score (nSPS) is 9.44. The van der Waals surface area contributed by atoms with Crippen molar-refractivity contribution in [3.63, 3.8) is 0 Å². The molecule has 0 radical (unpaired) electrons. The number of halogens is 1. The summed E-state index contributed by atoms with van der Waals surface area (Å²) in [5, 5.41) is 0. The van der Waals surface area contributed by atoms with Crippen molar-refractivity contribution in [3.8, 4) is 0 Å². The van der Waals surface area contributed by atoms with Crippen LogP contribution in [0, 0.1) is 0 Å². The highest BCUT2D eigenvalue weighted by Gasteiger charge is 1.88. The van der Waals surface area contributed by atoms with Gasteiger partial charge in [0.1, 0.15) is 0 Å². The molecule has 0 N–H and O–H groups in total. The number of aromatic nitrogens is 2. The van der Waals surface area contributed by atoms with E-state index in [4.69, 9.17) is 0 Å². The molecule has 0 saturated carbocycles. The van der Waals surface area contributed by atoms with Crippen molar-refractivity contribution in [3.05, 3.63) is 28.9 Å². The van der Waals surface area contributed by atoms with Gasteiger partial charge in [0.05, 0.1) is 0 Å². The van der Waals surface area contributed by atoms with E-state index in [0.717, 1.165) is 4.57 Å². The molecule has 1 rings (SSSR count). The van der Waals surface area contributed by atoms with E-state index in [2.05, 4.69) is 4.98 Å². The lowest BCUT2D eigenvalue weighted by atomic mass is 10.7. The van der Waals surface area contributed by atoms with Crippen LogP contribution in [0.25, 0.3) is 0 Å². The molecule has 9 heavy (non-hydrogen) atoms. The third kappa shape index (κ3) is 1.13. The van der Waals surface area contributed by atoms with E-state index in [0.29, 0.717) is 0 Å². The van der Waals surface area contributed by atoms with Crippen molar-refractivity contribution in [1.82, 2.24) is 9.55 Å². The molecule has 0 aliphatic rings. The molecule has 1 aromatic rings. The van der Waals surface area contributed by atoms with E-state index in [1.807, 2.05) is 0 Å². The summed E-state index contributed by atoms with van der Waals surface area (Å²) in [5.41, 5.74) is -0.556. The molecule has 0 bridgehead atoms. The molecule has 0 saturated heterocycles. The van der Waals surface area contributed by atoms with Gasteiger partial charge in [0.25, 0.3) is 0 Å². The Kier molecular flexibility index (Phi) is 1.58. The Balaban J connectivity index is 3.16. The summed E-state index contributed by atoms with van der Waals surface area (Å²) in [5.74, 6) is 0. The van der Waals surface area contributed by atoms with Gasteiger partial charge in [0.15, 0.2) is 6.80 Å². The molecule has 0 unspecified atom stereocenters. The van der Waals surface area contributed by atoms with Crippen molar-refractivity contribution in [1.29, 1.82) is 0 Å². The summed E-state index contributed by atoms with van der Waals surface area (Å²) in [6.45, 7) is -0.813. The maximum absolute atomic E-state index is 11.7. The van der Waals surface area contributed by atoms with Gasteiger partial charge in [-0.15, -0.1) is 0 Å². The largest absolute Gasteiger partial charge is 0.349 e. The second kappa shape index (κ2) is 2.39. The molecule has 0 atom stereocenters. The molecule has 48 valence electrons. The first-order valence-electron chi connectivity index (χ1n) is 2.42. The van der Waals surface area contributed by atoms with E-state index in [9.17, 15) is 9.18 Å². The second-order valence-corrected chi connectivity index (χ2v) is 1.49. The monoisotopic (exact) mass is 128 g/mol. The van der Waals surface area contributed by atoms with Crippen molar-refractivity contribution in [2.45, 2.75) is 6.80 Å². The lowest BCUT2D eigenvalue weighted by Gasteiger charge is -1.92. The summed E-state index contributed by atoms with van der Waals surface area (Å²) < 4.78 is 12.6. The molecular weight excluding hydrogens is 123 g/mol. The van der Waals surface area contributed by atoms with Gasteiger partial charge < -0.3 is 0 Å². The smallest absolute Gasteiger partial charge is 0.270 e. The molecular formula is C5H5FN2O. The molecule has 0 amide bonds. The van der Waals surface area contributed by atoms with E-state index < -0.39 is 12.5 Å². The highest BCUT2D eigenvalue weighted by molar-refractivity contribution is 4.79. The fourth-order valence-corrected chi connectivity index (χ4v) is 0.478. The predicted molar refractivity (Wildman–Crippen MR) is 29.6 cm³/mol. The fraction of sp³-hybridized carbons (Fsp3) is 0.200. The topological polar surface area (TPSA) is 34.9 Å². The van der Waals surface area contributed by atoms with Crippen molar-refractivity contribution in [2.24, 2.45) is 0 Å². The van der Waals surface area contributed by atoms with Crippen LogP contribution in [0.4, 0.5) is 4.39 Å². The van der Waals surface area contributed by atoms with E-state index in [1.165, 1.54) is 18.5 Å². The molecule has 4 heteroatoms. The van der Waals surface area contributed by atoms with Crippen LogP contribution in [0.5, 0.6) is 0 Å². The molecule has 1 heterocycles. The Morgan fingerprint density at radius 1 is 1.78 bits per heavy atom. The zero-order valence-electron chi connectivity index (χ0n) is 4.62. The maximum atomic E-state index is 11.7. The Morgan fingerprint density at radius 2 is 2.56 bits per heavy atom. The molecule has 3 nitrogen and oxygen atoms in total. The van der Waals surface area contributed by atoms with Gasteiger partial charge in [0.2, 0.25) is 0 Å². The van der Waals surface area contributed by atoms with E-state index in [-0.39, 0.29) is 0 Å². The molecule has 0 fully saturated rings. The van der Waals surface area contributed by atoms with Crippen molar-refractivity contribution in [2.75, 3.05) is 0 Å². The van der Waals surface area contributed by atoms with Crippen LogP contribution in [0.2, 0.25) is 0 Å². The van der Waals surface area contributed by atoms with E-state index in [1.54, 1.807) is 0 Å². The highest BCUT2D eigenvalue weighted by atomic mass is 19.1. The molecule has 0 aromatic carbocycles. The highest BCUT2D eigenvalue weighted by Crippen LogP contribution is 1.77.